The Morgan fingerprint density at radius 1 is 1.30 bits per heavy atom. The Bertz CT molecular complexity index is 491. The van der Waals surface area contributed by atoms with Gasteiger partial charge in [0.15, 0.2) is 0 Å². The zero-order chi connectivity index (χ0) is 19.1. The van der Waals surface area contributed by atoms with Crippen LogP contribution in [0.2, 0.25) is 0 Å². The van der Waals surface area contributed by atoms with Crippen molar-refractivity contribution in [3.8, 4) is 0 Å². The predicted molar refractivity (Wildman–Crippen MR) is 81.2 cm³/mol. The van der Waals surface area contributed by atoms with E-state index >= 15 is 0 Å². The molecule has 9 heteroatoms. The third-order valence-electron chi connectivity index (χ3n) is 2.73. The minimum atomic E-state index is -1.50. The molecule has 0 rings (SSSR count). The van der Waals surface area contributed by atoms with Gasteiger partial charge in [0, 0.05) is 7.79 Å². The lowest BCUT2D eigenvalue weighted by Crippen LogP contribution is -2.56. The molecule has 0 saturated heterocycles. The van der Waals surface area contributed by atoms with Gasteiger partial charge in [-0.2, -0.15) is 0 Å². The maximum absolute atomic E-state index is 12.4. The molecule has 1 unspecified atom stereocenters. The fourth-order valence-electron chi connectivity index (χ4n) is 1.64. The first-order valence-corrected chi connectivity index (χ1v) is 7.02. The van der Waals surface area contributed by atoms with Gasteiger partial charge in [-0.25, -0.2) is 9.69 Å². The second-order valence-corrected chi connectivity index (χ2v) is 5.93. The minimum absolute atomic E-state index is 0.0391. The molecule has 0 aliphatic heterocycles. The van der Waals surface area contributed by atoms with Crippen molar-refractivity contribution in [2.75, 3.05) is 0 Å². The van der Waals surface area contributed by atoms with Gasteiger partial charge >= 0.3 is 12.1 Å². The van der Waals surface area contributed by atoms with Gasteiger partial charge in [-0.3, -0.25) is 14.4 Å². The highest BCUT2D eigenvalue weighted by Crippen LogP contribution is 2.16. The first kappa shape index (κ1) is 18.9. The van der Waals surface area contributed by atoms with E-state index in [1.807, 2.05) is 0 Å². The Morgan fingerprint density at radius 2 is 1.87 bits per heavy atom. The van der Waals surface area contributed by atoms with Crippen LogP contribution in [0.4, 0.5) is 4.79 Å². The van der Waals surface area contributed by atoms with Crippen LogP contribution in [0.1, 0.15) is 48.3 Å². The van der Waals surface area contributed by atoms with Gasteiger partial charge in [0.05, 0.1) is 6.04 Å². The normalized spacial score (nSPS) is 14.3. The third kappa shape index (κ3) is 7.09. The van der Waals surface area contributed by atoms with Crippen molar-refractivity contribution in [2.45, 2.75) is 64.6 Å². The second-order valence-electron chi connectivity index (χ2n) is 5.93. The molecular formula is C14H25N3O6. The number of rotatable bonds is 7. The van der Waals surface area contributed by atoms with E-state index < -0.39 is 48.0 Å². The van der Waals surface area contributed by atoms with Gasteiger partial charge in [-0.15, -0.1) is 0 Å². The summed E-state index contributed by atoms with van der Waals surface area (Å²) in [7, 11) is 0. The summed E-state index contributed by atoms with van der Waals surface area (Å²) in [4.78, 5) is 47.6. The van der Waals surface area contributed by atoms with Crippen LogP contribution in [0, 0.1) is 0 Å². The number of hydrogen-bond acceptors (Lipinski definition) is 6. The molecule has 0 bridgehead atoms. The average Bonchev–Trinajstić information content (AvgIpc) is 2.40. The predicted octanol–water partition coefficient (Wildman–Crippen LogP) is 0.206. The van der Waals surface area contributed by atoms with Crippen LogP contribution in [0.25, 0.3) is 0 Å². The summed E-state index contributed by atoms with van der Waals surface area (Å²) < 4.78 is 12.2. The Labute approximate surface area is 136 Å². The van der Waals surface area contributed by atoms with Gasteiger partial charge < -0.3 is 21.3 Å². The highest BCUT2D eigenvalue weighted by molar-refractivity contribution is 6.00. The van der Waals surface area contributed by atoms with Crippen molar-refractivity contribution in [3.63, 3.8) is 0 Å². The molecule has 0 aliphatic rings. The maximum atomic E-state index is 12.4. The summed E-state index contributed by atoms with van der Waals surface area (Å²) in [5.74, 6) is -3.20. The van der Waals surface area contributed by atoms with Crippen LogP contribution >= 0.6 is 0 Å². The summed E-state index contributed by atoms with van der Waals surface area (Å²) in [5, 5.41) is 8.76. The van der Waals surface area contributed by atoms with Crippen molar-refractivity contribution < 1.29 is 30.4 Å². The van der Waals surface area contributed by atoms with Crippen molar-refractivity contribution in [3.05, 3.63) is 0 Å². The van der Waals surface area contributed by atoms with Gasteiger partial charge in [-0.05, 0) is 33.6 Å². The number of imide groups is 1. The number of carbonyl (C=O) groups excluding carboxylic acids is 3. The standard InChI is InChI=1S/C14H25N3O6/c1-5-8(15)12(21)17(13(22)23-14(2,3)4)9(11(16)20)6-7-10(18)19/h8-9H,5-7,15H2,1-4H3,(H2,16,20)(H,18,19)/t8?,9-/m0/s1/i1D. The van der Waals surface area contributed by atoms with E-state index in [2.05, 4.69) is 0 Å². The van der Waals surface area contributed by atoms with E-state index in [0.29, 0.717) is 4.90 Å². The zero-order valence-corrected chi connectivity index (χ0v) is 13.6. The highest BCUT2D eigenvalue weighted by atomic mass is 16.6. The molecule has 9 nitrogen and oxygen atoms in total. The number of carbonyl (C=O) groups is 4. The third-order valence-corrected chi connectivity index (χ3v) is 2.73. The molecule has 0 aromatic heterocycles. The van der Waals surface area contributed by atoms with Crippen molar-refractivity contribution >= 4 is 23.9 Å². The fraction of sp³-hybridized carbons (Fsp3) is 0.714. The summed E-state index contributed by atoms with van der Waals surface area (Å²) >= 11 is 0. The molecule has 0 fully saturated rings. The maximum Gasteiger partial charge on any atom is 0.417 e. The number of nitrogens with zero attached hydrogens (tertiary/aromatic N) is 1. The largest absolute Gasteiger partial charge is 0.481 e. The van der Waals surface area contributed by atoms with Crippen molar-refractivity contribution in [2.24, 2.45) is 11.5 Å². The number of ether oxygens (including phenoxy) is 1. The monoisotopic (exact) mass is 332 g/mol. The molecular weight excluding hydrogens is 306 g/mol. The molecule has 0 aliphatic carbocycles. The molecule has 0 aromatic rings. The zero-order valence-electron chi connectivity index (χ0n) is 14.6. The van der Waals surface area contributed by atoms with Crippen LogP contribution in [0.3, 0.4) is 0 Å². The van der Waals surface area contributed by atoms with Gasteiger partial charge in [0.2, 0.25) is 11.8 Å². The van der Waals surface area contributed by atoms with Gasteiger partial charge in [-0.1, -0.05) is 6.90 Å². The summed E-state index contributed by atoms with van der Waals surface area (Å²) in [6.07, 6.45) is -2.01. The lowest BCUT2D eigenvalue weighted by atomic mass is 10.1. The fourth-order valence-corrected chi connectivity index (χ4v) is 1.64. The van der Waals surface area contributed by atoms with Crippen LogP contribution < -0.4 is 11.5 Å². The molecule has 3 amide bonds. The molecule has 5 N–H and O–H groups in total. The number of primary amides is 1. The summed E-state index contributed by atoms with van der Waals surface area (Å²) in [5.41, 5.74) is 9.91. The molecule has 0 radical (unpaired) electrons. The smallest absolute Gasteiger partial charge is 0.417 e. The van der Waals surface area contributed by atoms with E-state index in [9.17, 15) is 19.2 Å². The Morgan fingerprint density at radius 3 is 2.26 bits per heavy atom. The van der Waals surface area contributed by atoms with E-state index in [4.69, 9.17) is 22.7 Å². The first-order valence-electron chi connectivity index (χ1n) is 7.73. The molecule has 0 spiro atoms. The highest BCUT2D eigenvalue weighted by Gasteiger charge is 2.38. The Kier molecular flexibility index (Phi) is 6.95. The lowest BCUT2D eigenvalue weighted by Gasteiger charge is -2.31. The van der Waals surface area contributed by atoms with E-state index in [-0.39, 0.29) is 19.7 Å². The second kappa shape index (κ2) is 8.47. The van der Waals surface area contributed by atoms with Crippen molar-refractivity contribution in [1.82, 2.24) is 4.90 Å². The number of hydrogen-bond donors (Lipinski definition) is 3. The number of amides is 3. The summed E-state index contributed by atoms with van der Waals surface area (Å²) in [6.45, 7) is 4.53. The van der Waals surface area contributed by atoms with Crippen molar-refractivity contribution in [1.29, 1.82) is 0 Å². The van der Waals surface area contributed by atoms with Gasteiger partial charge in [0.25, 0.3) is 0 Å². The SMILES string of the molecule is [2H]CCC(N)C(=O)N(C(=O)OC(C)(C)C)[C@@H](CCC(=O)O)C(N)=O. The summed E-state index contributed by atoms with van der Waals surface area (Å²) in [6, 6.07) is -2.71. The number of aliphatic carboxylic acids is 1. The average molecular weight is 332 g/mol. The lowest BCUT2D eigenvalue weighted by molar-refractivity contribution is -0.142. The quantitative estimate of drug-likeness (QED) is 0.602. The van der Waals surface area contributed by atoms with E-state index in [0.717, 1.165) is 0 Å². The molecule has 2 atom stereocenters. The Hall–Kier alpha value is -2.16. The van der Waals surface area contributed by atoms with E-state index in [1.54, 1.807) is 20.8 Å². The van der Waals surface area contributed by atoms with Crippen LogP contribution in [0.15, 0.2) is 0 Å². The molecule has 0 aromatic carbocycles. The molecule has 132 valence electrons. The van der Waals surface area contributed by atoms with Crippen LogP contribution in [-0.2, 0) is 19.1 Å². The van der Waals surface area contributed by atoms with Crippen LogP contribution in [-0.4, -0.2) is 51.6 Å². The number of carboxylic acids is 1. The number of nitrogens with two attached hydrogens (primary N) is 2. The molecule has 0 heterocycles. The molecule has 23 heavy (non-hydrogen) atoms. The topological polar surface area (TPSA) is 153 Å². The number of carboxylic acid groups (broad SMARTS) is 1. The van der Waals surface area contributed by atoms with E-state index in [1.165, 1.54) is 0 Å². The van der Waals surface area contributed by atoms with Crippen LogP contribution in [0.5, 0.6) is 0 Å². The minimum Gasteiger partial charge on any atom is -0.481 e. The molecule has 0 saturated carbocycles. The van der Waals surface area contributed by atoms with Gasteiger partial charge in [0.1, 0.15) is 11.6 Å². The first-order chi connectivity index (χ1) is 10.9. The Balaban J connectivity index is 5.62.